The van der Waals surface area contributed by atoms with Crippen LogP contribution in [0, 0.1) is 5.92 Å². The van der Waals surface area contributed by atoms with Crippen molar-refractivity contribution in [2.75, 3.05) is 7.11 Å². The Hall–Kier alpha value is -1.06. The van der Waals surface area contributed by atoms with Gasteiger partial charge in [-0.2, -0.15) is 0 Å². The monoisotopic (exact) mass is 202 g/mol. The molecule has 0 spiro atoms. The number of ether oxygens (including phenoxy) is 2. The second kappa shape index (κ2) is 4.98. The van der Waals surface area contributed by atoms with Crippen molar-refractivity contribution in [3.05, 3.63) is 0 Å². The molecule has 14 heavy (non-hydrogen) atoms. The molecule has 0 saturated heterocycles. The van der Waals surface area contributed by atoms with Crippen molar-refractivity contribution in [3.63, 3.8) is 0 Å². The van der Waals surface area contributed by atoms with Crippen molar-refractivity contribution in [3.8, 4) is 0 Å². The molecule has 0 saturated carbocycles. The van der Waals surface area contributed by atoms with Crippen LogP contribution in [0.15, 0.2) is 0 Å². The quantitative estimate of drug-likeness (QED) is 0.651. The number of methoxy groups -OCH3 is 1. The fourth-order valence-corrected chi connectivity index (χ4v) is 0.819. The van der Waals surface area contributed by atoms with Crippen molar-refractivity contribution < 1.29 is 19.1 Å². The maximum Gasteiger partial charge on any atom is 0.309 e. The summed E-state index contributed by atoms with van der Waals surface area (Å²) in [6, 6.07) is 0. The summed E-state index contributed by atoms with van der Waals surface area (Å²) in [5.74, 6) is -1.23. The smallest absolute Gasteiger partial charge is 0.309 e. The molecule has 0 rings (SSSR count). The van der Waals surface area contributed by atoms with Gasteiger partial charge < -0.3 is 9.47 Å². The lowest BCUT2D eigenvalue weighted by Crippen LogP contribution is -2.28. The number of hydrogen-bond donors (Lipinski definition) is 0. The summed E-state index contributed by atoms with van der Waals surface area (Å²) in [7, 11) is 1.30. The summed E-state index contributed by atoms with van der Waals surface area (Å²) in [5.41, 5.74) is -0.512. The van der Waals surface area contributed by atoms with Crippen LogP contribution in [0.25, 0.3) is 0 Å². The normalized spacial score (nSPS) is 13.2. The zero-order valence-electron chi connectivity index (χ0n) is 9.42. The molecule has 0 amide bonds. The summed E-state index contributed by atoms with van der Waals surface area (Å²) < 4.78 is 9.55. The molecule has 0 aliphatic heterocycles. The van der Waals surface area contributed by atoms with E-state index >= 15 is 0 Å². The summed E-state index contributed by atoms with van der Waals surface area (Å²) in [6.07, 6.45) is 0.0609. The molecule has 0 aliphatic carbocycles. The molecule has 1 unspecified atom stereocenters. The van der Waals surface area contributed by atoms with Gasteiger partial charge in [0.1, 0.15) is 5.60 Å². The van der Waals surface area contributed by atoms with Crippen LogP contribution in [0.2, 0.25) is 0 Å². The molecule has 4 heteroatoms. The Kier molecular flexibility index (Phi) is 4.60. The fraction of sp³-hybridized carbons (Fsp3) is 0.800. The van der Waals surface area contributed by atoms with Crippen LogP contribution in [0.4, 0.5) is 0 Å². The van der Waals surface area contributed by atoms with E-state index in [1.807, 2.05) is 0 Å². The second-order valence-corrected chi connectivity index (χ2v) is 4.21. The lowest BCUT2D eigenvalue weighted by molar-refractivity contribution is -0.162. The van der Waals surface area contributed by atoms with Gasteiger partial charge in [-0.25, -0.2) is 0 Å². The minimum absolute atomic E-state index is 0.0609. The highest BCUT2D eigenvalue weighted by atomic mass is 16.6. The molecule has 4 nitrogen and oxygen atoms in total. The fourth-order valence-electron chi connectivity index (χ4n) is 0.819. The Morgan fingerprint density at radius 3 is 2.14 bits per heavy atom. The van der Waals surface area contributed by atoms with Gasteiger partial charge >= 0.3 is 11.9 Å². The highest BCUT2D eigenvalue weighted by Crippen LogP contribution is 2.13. The molecule has 0 heterocycles. The van der Waals surface area contributed by atoms with Crippen LogP contribution in [0.3, 0.4) is 0 Å². The topological polar surface area (TPSA) is 52.6 Å². The molecule has 0 aromatic carbocycles. The first-order valence-corrected chi connectivity index (χ1v) is 4.56. The van der Waals surface area contributed by atoms with Crippen LogP contribution in [-0.2, 0) is 19.1 Å². The molecule has 0 aromatic heterocycles. The van der Waals surface area contributed by atoms with E-state index in [1.54, 1.807) is 27.7 Å². The second-order valence-electron chi connectivity index (χ2n) is 4.21. The van der Waals surface area contributed by atoms with Crippen LogP contribution >= 0.6 is 0 Å². The van der Waals surface area contributed by atoms with Gasteiger partial charge in [0.15, 0.2) is 0 Å². The van der Waals surface area contributed by atoms with Crippen LogP contribution in [0.1, 0.15) is 34.1 Å². The van der Waals surface area contributed by atoms with Gasteiger partial charge in [0, 0.05) is 0 Å². The number of carbonyl (C=O) groups is 2. The molecule has 0 aliphatic rings. The first-order chi connectivity index (χ1) is 6.26. The van der Waals surface area contributed by atoms with Crippen LogP contribution < -0.4 is 0 Å². The van der Waals surface area contributed by atoms with E-state index in [0.29, 0.717) is 0 Å². The highest BCUT2D eigenvalue weighted by Gasteiger charge is 2.23. The number of carbonyl (C=O) groups excluding carboxylic acids is 2. The Balaban J connectivity index is 4.07. The minimum Gasteiger partial charge on any atom is -0.469 e. The van der Waals surface area contributed by atoms with E-state index in [0.717, 1.165) is 0 Å². The number of esters is 2. The van der Waals surface area contributed by atoms with E-state index in [-0.39, 0.29) is 12.4 Å². The van der Waals surface area contributed by atoms with Gasteiger partial charge in [-0.3, -0.25) is 9.59 Å². The third-order valence-corrected chi connectivity index (χ3v) is 1.51. The largest absolute Gasteiger partial charge is 0.469 e. The third-order valence-electron chi connectivity index (χ3n) is 1.51. The molecule has 0 N–H and O–H groups in total. The average Bonchev–Trinajstić information content (AvgIpc) is 2.00. The van der Waals surface area contributed by atoms with Gasteiger partial charge in [-0.1, -0.05) is 6.92 Å². The Morgan fingerprint density at radius 1 is 1.29 bits per heavy atom. The van der Waals surface area contributed by atoms with Gasteiger partial charge in [0.05, 0.1) is 19.4 Å². The van der Waals surface area contributed by atoms with Crippen molar-refractivity contribution in [2.45, 2.75) is 39.7 Å². The van der Waals surface area contributed by atoms with Crippen molar-refractivity contribution in [2.24, 2.45) is 5.92 Å². The Labute approximate surface area is 84.6 Å². The van der Waals surface area contributed by atoms with E-state index in [9.17, 15) is 9.59 Å². The molecule has 0 aromatic rings. The summed E-state index contributed by atoms with van der Waals surface area (Å²) in [6.45, 7) is 7.01. The molecule has 0 bridgehead atoms. The summed E-state index contributed by atoms with van der Waals surface area (Å²) in [4.78, 5) is 22.2. The first kappa shape index (κ1) is 12.9. The van der Waals surface area contributed by atoms with Crippen molar-refractivity contribution >= 4 is 11.9 Å². The molecule has 82 valence electrons. The summed E-state index contributed by atoms with van der Waals surface area (Å²) >= 11 is 0. The van der Waals surface area contributed by atoms with E-state index in [4.69, 9.17) is 4.74 Å². The van der Waals surface area contributed by atoms with E-state index in [1.165, 1.54) is 7.11 Å². The molecular formula is C10H18O4. The van der Waals surface area contributed by atoms with Crippen molar-refractivity contribution in [1.82, 2.24) is 0 Å². The van der Waals surface area contributed by atoms with Gasteiger partial charge in [0.2, 0.25) is 0 Å². The first-order valence-electron chi connectivity index (χ1n) is 4.56. The molecular weight excluding hydrogens is 184 g/mol. The minimum atomic E-state index is -0.512. The molecule has 0 radical (unpaired) electrons. The maximum absolute atomic E-state index is 11.4. The highest BCUT2D eigenvalue weighted by molar-refractivity contribution is 5.79. The lowest BCUT2D eigenvalue weighted by atomic mass is 10.1. The zero-order chi connectivity index (χ0) is 11.4. The van der Waals surface area contributed by atoms with E-state index < -0.39 is 17.5 Å². The SMILES string of the molecule is COC(=O)CC(C)C(=O)OC(C)(C)C. The summed E-state index contributed by atoms with van der Waals surface area (Å²) in [5, 5.41) is 0. The standard InChI is InChI=1S/C10H18O4/c1-7(6-8(11)13-5)9(12)14-10(2,3)4/h7H,6H2,1-5H3. The van der Waals surface area contributed by atoms with Gasteiger partial charge in [-0.05, 0) is 20.8 Å². The Bertz CT molecular complexity index is 215. The maximum atomic E-state index is 11.4. The van der Waals surface area contributed by atoms with Gasteiger partial charge in [-0.15, -0.1) is 0 Å². The van der Waals surface area contributed by atoms with Crippen LogP contribution in [-0.4, -0.2) is 24.6 Å². The Morgan fingerprint density at radius 2 is 1.79 bits per heavy atom. The van der Waals surface area contributed by atoms with E-state index in [2.05, 4.69) is 4.74 Å². The molecule has 0 fully saturated rings. The zero-order valence-corrected chi connectivity index (χ0v) is 9.42. The van der Waals surface area contributed by atoms with Gasteiger partial charge in [0.25, 0.3) is 0 Å². The predicted molar refractivity (Wildman–Crippen MR) is 51.6 cm³/mol. The average molecular weight is 202 g/mol. The number of hydrogen-bond acceptors (Lipinski definition) is 4. The number of rotatable bonds is 3. The third kappa shape index (κ3) is 5.56. The van der Waals surface area contributed by atoms with Crippen LogP contribution in [0.5, 0.6) is 0 Å². The predicted octanol–water partition coefficient (Wildman–Crippen LogP) is 1.53. The lowest BCUT2D eigenvalue weighted by Gasteiger charge is -2.21. The van der Waals surface area contributed by atoms with Crippen molar-refractivity contribution in [1.29, 1.82) is 0 Å². The molecule has 1 atom stereocenters.